The van der Waals surface area contributed by atoms with E-state index in [9.17, 15) is 4.79 Å². The van der Waals surface area contributed by atoms with E-state index in [0.717, 1.165) is 16.2 Å². The number of carbonyl (C=O) groups excluding carboxylic acids is 1. The maximum absolute atomic E-state index is 12.8. The first-order valence-corrected chi connectivity index (χ1v) is 10.4. The van der Waals surface area contributed by atoms with Crippen LogP contribution in [0.1, 0.15) is 17.4 Å². The average Bonchev–Trinajstić information content (AvgIpc) is 3.28. The molecule has 1 saturated heterocycles. The van der Waals surface area contributed by atoms with Gasteiger partial charge in [-0.25, -0.2) is 0 Å². The Bertz CT molecular complexity index is 829. The van der Waals surface area contributed by atoms with Crippen molar-refractivity contribution < 1.29 is 9.53 Å². The number of ether oxygens (including phenoxy) is 1. The summed E-state index contributed by atoms with van der Waals surface area (Å²) >= 11 is 3.04. The molecule has 0 bridgehead atoms. The maximum atomic E-state index is 12.8. The van der Waals surface area contributed by atoms with Gasteiger partial charge < -0.3 is 4.74 Å². The fraction of sp³-hybridized carbons (Fsp3) is 0.250. The lowest BCUT2D eigenvalue weighted by molar-refractivity contribution is -0.125. The number of rotatable bonds is 8. The van der Waals surface area contributed by atoms with Crippen molar-refractivity contribution in [3.63, 3.8) is 0 Å². The van der Waals surface area contributed by atoms with Gasteiger partial charge >= 0.3 is 0 Å². The molecule has 7 heteroatoms. The Morgan fingerprint density at radius 2 is 2.11 bits per heavy atom. The highest BCUT2D eigenvalue weighted by Crippen LogP contribution is 2.30. The monoisotopic (exact) mass is 399 g/mol. The fourth-order valence-electron chi connectivity index (χ4n) is 2.62. The summed E-state index contributed by atoms with van der Waals surface area (Å²) in [6, 6.07) is 11.8. The van der Waals surface area contributed by atoms with Gasteiger partial charge in [-0.3, -0.25) is 9.69 Å². The summed E-state index contributed by atoms with van der Waals surface area (Å²) in [7, 11) is 0. The molecule has 2 heterocycles. The molecule has 0 saturated carbocycles. The standard InChI is InChI=1S/C20H21N3O2S2/c1-3-11-23-19(24)18(13-15-7-9-16(10-8-15)25-4-2)27-20(23)22-21-14-17-6-5-12-26-17/h3,5-10,12,14,18H,1,4,11,13H2,2H3/b21-14+,22-20-. The van der Waals surface area contributed by atoms with Crippen LogP contribution in [0.2, 0.25) is 0 Å². The third-order valence-corrected chi connectivity index (χ3v) is 5.83. The number of amides is 1. The first-order valence-electron chi connectivity index (χ1n) is 8.66. The molecular weight excluding hydrogens is 378 g/mol. The zero-order valence-electron chi connectivity index (χ0n) is 15.1. The van der Waals surface area contributed by atoms with Crippen LogP contribution in [0.15, 0.2) is 64.6 Å². The molecule has 140 valence electrons. The van der Waals surface area contributed by atoms with Gasteiger partial charge in [0, 0.05) is 11.4 Å². The number of thiophene rings is 1. The molecule has 3 rings (SSSR count). The highest BCUT2D eigenvalue weighted by molar-refractivity contribution is 8.15. The topological polar surface area (TPSA) is 54.3 Å². The van der Waals surface area contributed by atoms with Gasteiger partial charge in [-0.1, -0.05) is 36.0 Å². The Labute approximate surface area is 167 Å². The lowest BCUT2D eigenvalue weighted by Crippen LogP contribution is -2.32. The molecular formula is C20H21N3O2S2. The minimum Gasteiger partial charge on any atom is -0.494 e. The van der Waals surface area contributed by atoms with E-state index in [1.165, 1.54) is 11.8 Å². The molecule has 2 aromatic rings. The van der Waals surface area contributed by atoms with E-state index in [4.69, 9.17) is 4.74 Å². The number of hydrogen-bond acceptors (Lipinski definition) is 6. The number of nitrogens with zero attached hydrogens (tertiary/aromatic N) is 3. The fourth-order valence-corrected chi connectivity index (χ4v) is 4.34. The summed E-state index contributed by atoms with van der Waals surface area (Å²) in [5.74, 6) is 0.879. The molecule has 1 atom stereocenters. The smallest absolute Gasteiger partial charge is 0.242 e. The normalized spacial score (nSPS) is 18.6. The quantitative estimate of drug-likeness (QED) is 0.380. The van der Waals surface area contributed by atoms with Crippen molar-refractivity contribution in [1.29, 1.82) is 0 Å². The van der Waals surface area contributed by atoms with Gasteiger partial charge in [-0.15, -0.1) is 23.0 Å². The van der Waals surface area contributed by atoms with Crippen LogP contribution in [0.3, 0.4) is 0 Å². The van der Waals surface area contributed by atoms with Gasteiger partial charge in [-0.05, 0) is 42.5 Å². The molecule has 27 heavy (non-hydrogen) atoms. The van der Waals surface area contributed by atoms with E-state index < -0.39 is 0 Å². The Morgan fingerprint density at radius 1 is 1.30 bits per heavy atom. The van der Waals surface area contributed by atoms with E-state index in [2.05, 4.69) is 16.8 Å². The van der Waals surface area contributed by atoms with Crippen molar-refractivity contribution in [3.05, 3.63) is 64.9 Å². The van der Waals surface area contributed by atoms with Crippen molar-refractivity contribution in [2.24, 2.45) is 10.2 Å². The van der Waals surface area contributed by atoms with Crippen molar-refractivity contribution in [3.8, 4) is 5.75 Å². The van der Waals surface area contributed by atoms with E-state index >= 15 is 0 Å². The van der Waals surface area contributed by atoms with E-state index in [1.807, 2.05) is 48.7 Å². The third kappa shape index (κ3) is 5.08. The second-order valence-corrected chi connectivity index (χ2v) is 7.92. The zero-order chi connectivity index (χ0) is 19.1. The van der Waals surface area contributed by atoms with Crippen molar-refractivity contribution in [2.45, 2.75) is 18.6 Å². The van der Waals surface area contributed by atoms with Crippen LogP contribution in [0, 0.1) is 0 Å². The molecule has 0 aliphatic carbocycles. The zero-order valence-corrected chi connectivity index (χ0v) is 16.7. The summed E-state index contributed by atoms with van der Waals surface area (Å²) in [4.78, 5) is 15.4. The second kappa shape index (κ2) is 9.53. The van der Waals surface area contributed by atoms with E-state index in [0.29, 0.717) is 24.7 Å². The van der Waals surface area contributed by atoms with E-state index in [-0.39, 0.29) is 11.2 Å². The third-order valence-electron chi connectivity index (χ3n) is 3.86. The van der Waals surface area contributed by atoms with Gasteiger partial charge in [0.1, 0.15) is 5.75 Å². The van der Waals surface area contributed by atoms with Crippen LogP contribution in [-0.2, 0) is 11.2 Å². The van der Waals surface area contributed by atoms with Gasteiger partial charge in [0.05, 0.1) is 18.1 Å². The molecule has 1 unspecified atom stereocenters. The molecule has 5 nitrogen and oxygen atoms in total. The summed E-state index contributed by atoms with van der Waals surface area (Å²) in [6.07, 6.45) is 4.04. The molecule has 0 spiro atoms. The highest BCUT2D eigenvalue weighted by Gasteiger charge is 2.37. The summed E-state index contributed by atoms with van der Waals surface area (Å²) in [5.41, 5.74) is 1.09. The summed E-state index contributed by atoms with van der Waals surface area (Å²) in [6.45, 7) is 6.76. The lowest BCUT2D eigenvalue weighted by Gasteiger charge is -2.13. The van der Waals surface area contributed by atoms with Crippen LogP contribution in [0.5, 0.6) is 5.75 Å². The second-order valence-electron chi connectivity index (χ2n) is 5.77. The largest absolute Gasteiger partial charge is 0.494 e. The number of carbonyl (C=O) groups is 1. The van der Waals surface area contributed by atoms with Crippen LogP contribution in [0.25, 0.3) is 0 Å². The van der Waals surface area contributed by atoms with Crippen LogP contribution < -0.4 is 4.74 Å². The summed E-state index contributed by atoms with van der Waals surface area (Å²) in [5, 5.41) is 10.8. The summed E-state index contributed by atoms with van der Waals surface area (Å²) < 4.78 is 5.47. The Kier molecular flexibility index (Phi) is 6.84. The number of amidine groups is 1. The van der Waals surface area contributed by atoms with Gasteiger partial charge in [0.25, 0.3) is 0 Å². The maximum Gasteiger partial charge on any atom is 0.242 e. The minimum atomic E-state index is -0.210. The Balaban J connectivity index is 1.71. The van der Waals surface area contributed by atoms with Gasteiger partial charge in [0.15, 0.2) is 5.17 Å². The first kappa shape index (κ1) is 19.4. The number of hydrogen-bond donors (Lipinski definition) is 0. The van der Waals surface area contributed by atoms with Crippen molar-refractivity contribution in [1.82, 2.24) is 4.90 Å². The molecule has 1 aliphatic heterocycles. The van der Waals surface area contributed by atoms with Crippen LogP contribution >= 0.6 is 23.1 Å². The molecule has 1 amide bonds. The Morgan fingerprint density at radius 3 is 2.78 bits per heavy atom. The highest BCUT2D eigenvalue weighted by atomic mass is 32.2. The molecule has 1 aliphatic rings. The lowest BCUT2D eigenvalue weighted by atomic mass is 10.1. The minimum absolute atomic E-state index is 0.0406. The number of thioether (sulfide) groups is 1. The SMILES string of the molecule is C=CCN1C(=O)C(Cc2ccc(OCC)cc2)S/C1=N\N=C\c1cccs1. The molecule has 0 radical (unpaired) electrons. The predicted molar refractivity (Wildman–Crippen MR) is 114 cm³/mol. The Hall–Kier alpha value is -2.38. The van der Waals surface area contributed by atoms with Crippen molar-refractivity contribution in [2.75, 3.05) is 13.2 Å². The molecule has 1 aromatic heterocycles. The van der Waals surface area contributed by atoms with E-state index in [1.54, 1.807) is 28.5 Å². The predicted octanol–water partition coefficient (Wildman–Crippen LogP) is 4.21. The van der Waals surface area contributed by atoms with Gasteiger partial charge in [-0.2, -0.15) is 5.10 Å². The van der Waals surface area contributed by atoms with Gasteiger partial charge in [0.2, 0.25) is 5.91 Å². The molecule has 0 N–H and O–H groups in total. The number of benzene rings is 1. The average molecular weight is 400 g/mol. The van der Waals surface area contributed by atoms with Crippen LogP contribution in [-0.4, -0.2) is 40.6 Å². The van der Waals surface area contributed by atoms with Crippen molar-refractivity contribution >= 4 is 40.4 Å². The molecule has 1 fully saturated rings. The molecule has 1 aromatic carbocycles. The first-order chi connectivity index (χ1) is 13.2. The van der Waals surface area contributed by atoms with Crippen LogP contribution in [0.4, 0.5) is 0 Å².